The maximum atomic E-state index is 11.6. The molecule has 0 saturated heterocycles. The van der Waals surface area contributed by atoms with Gasteiger partial charge in [-0.05, 0) is 31.5 Å². The summed E-state index contributed by atoms with van der Waals surface area (Å²) in [5.74, 6) is -0.329. The molecule has 0 aromatic heterocycles. The molecule has 0 unspecified atom stereocenters. The largest absolute Gasteiger partial charge is 0.391 e. The summed E-state index contributed by atoms with van der Waals surface area (Å²) < 4.78 is 5.07. The number of anilines is 1. The lowest BCUT2D eigenvalue weighted by Crippen LogP contribution is -2.28. The fraction of sp³-hybridized carbons (Fsp3) is 0.333. The van der Waals surface area contributed by atoms with Crippen molar-refractivity contribution in [3.05, 3.63) is 29.3 Å². The maximum absolute atomic E-state index is 11.6. The first-order valence-corrected chi connectivity index (χ1v) is 5.76. The van der Waals surface area contributed by atoms with Gasteiger partial charge in [0, 0.05) is 10.7 Å². The first kappa shape index (κ1) is 11.9. The van der Waals surface area contributed by atoms with Crippen LogP contribution in [0, 0.1) is 0 Å². The van der Waals surface area contributed by atoms with Gasteiger partial charge in [-0.2, -0.15) is 0 Å². The fourth-order valence-electron chi connectivity index (χ4n) is 1.46. The third-order valence-corrected chi connectivity index (χ3v) is 2.98. The number of carbonyl (C=O) groups is 1. The second kappa shape index (κ2) is 4.37. The van der Waals surface area contributed by atoms with E-state index >= 15 is 0 Å². The van der Waals surface area contributed by atoms with Crippen molar-refractivity contribution in [2.75, 3.05) is 5.32 Å². The molecule has 0 fully saturated rings. The number of halogens is 1. The molecule has 0 amide bonds. The number of nitrogens with zero attached hydrogens (tertiary/aromatic N) is 1. The predicted octanol–water partition coefficient (Wildman–Crippen LogP) is 2.83. The van der Waals surface area contributed by atoms with Crippen molar-refractivity contribution in [2.24, 2.45) is 4.99 Å². The summed E-state index contributed by atoms with van der Waals surface area (Å²) in [6, 6.07) is 7.36. The van der Waals surface area contributed by atoms with E-state index < -0.39 is 5.54 Å². The molecule has 4 nitrogen and oxygen atoms in total. The summed E-state index contributed by atoms with van der Waals surface area (Å²) in [6.07, 6.45) is 0.604. The first-order chi connectivity index (χ1) is 8.03. The zero-order valence-electron chi connectivity index (χ0n) is 9.66. The Morgan fingerprint density at radius 3 is 2.88 bits per heavy atom. The number of hydrogen-bond acceptors (Lipinski definition) is 4. The van der Waals surface area contributed by atoms with Gasteiger partial charge in [0.1, 0.15) is 0 Å². The summed E-state index contributed by atoms with van der Waals surface area (Å²) >= 11 is 5.85. The summed E-state index contributed by atoms with van der Waals surface area (Å²) in [5.41, 5.74) is -0.0367. The molecule has 0 aliphatic carbocycles. The van der Waals surface area contributed by atoms with Crippen LogP contribution in [0.3, 0.4) is 0 Å². The molecule has 1 aromatic rings. The number of carbonyl (C=O) groups excluding carboxylic acids is 1. The zero-order valence-corrected chi connectivity index (χ0v) is 10.4. The van der Waals surface area contributed by atoms with E-state index in [-0.39, 0.29) is 12.0 Å². The Morgan fingerprint density at radius 1 is 1.53 bits per heavy atom. The van der Waals surface area contributed by atoms with Crippen molar-refractivity contribution in [3.63, 3.8) is 0 Å². The molecule has 90 valence electrons. The molecule has 1 atom stereocenters. The number of ether oxygens (including phenoxy) is 1. The van der Waals surface area contributed by atoms with E-state index in [1.807, 2.05) is 13.0 Å². The standard InChI is InChI=1S/C12H13ClN2O2/c1-3-12(2)10(16)17-11(15-12)14-9-6-4-5-8(13)7-9/h4-7H,3H2,1-2H3,(H,14,15)/t12-/m0/s1. The second-order valence-corrected chi connectivity index (χ2v) is 4.51. The number of cyclic esters (lactones) is 1. The number of nitrogens with one attached hydrogen (secondary N) is 1. The van der Waals surface area contributed by atoms with E-state index in [1.54, 1.807) is 25.1 Å². The third-order valence-electron chi connectivity index (χ3n) is 2.74. The average molecular weight is 253 g/mol. The Hall–Kier alpha value is -1.55. The minimum Gasteiger partial charge on any atom is -0.391 e. The number of esters is 1. The van der Waals surface area contributed by atoms with Crippen molar-refractivity contribution in [1.82, 2.24) is 0 Å². The van der Waals surface area contributed by atoms with Gasteiger partial charge in [-0.3, -0.25) is 0 Å². The molecule has 0 spiro atoms. The van der Waals surface area contributed by atoms with Gasteiger partial charge in [-0.25, -0.2) is 9.79 Å². The Labute approximate surface area is 105 Å². The van der Waals surface area contributed by atoms with E-state index in [0.717, 1.165) is 5.69 Å². The minimum absolute atomic E-state index is 0.224. The quantitative estimate of drug-likeness (QED) is 0.824. The molecule has 1 aliphatic heterocycles. The van der Waals surface area contributed by atoms with Crippen LogP contribution >= 0.6 is 11.6 Å². The van der Waals surface area contributed by atoms with E-state index in [2.05, 4.69) is 10.3 Å². The van der Waals surface area contributed by atoms with Crippen LogP contribution in [0.25, 0.3) is 0 Å². The van der Waals surface area contributed by atoms with Gasteiger partial charge in [0.25, 0.3) is 6.02 Å². The number of hydrogen-bond donors (Lipinski definition) is 1. The van der Waals surface area contributed by atoms with Crippen molar-refractivity contribution in [3.8, 4) is 0 Å². The SMILES string of the molecule is CC[C@]1(C)N=C(Nc2cccc(Cl)c2)OC1=O. The zero-order chi connectivity index (χ0) is 12.5. The summed E-state index contributed by atoms with van der Waals surface area (Å²) in [6.45, 7) is 3.65. The summed E-state index contributed by atoms with van der Waals surface area (Å²) in [7, 11) is 0. The molecule has 0 saturated carbocycles. The molecule has 0 radical (unpaired) electrons. The molecule has 1 aliphatic rings. The van der Waals surface area contributed by atoms with Gasteiger partial charge in [0.2, 0.25) is 0 Å². The highest BCUT2D eigenvalue weighted by Crippen LogP contribution is 2.24. The third kappa shape index (κ3) is 2.42. The van der Waals surface area contributed by atoms with Gasteiger partial charge < -0.3 is 10.1 Å². The van der Waals surface area contributed by atoms with Crippen molar-refractivity contribution >= 4 is 29.3 Å². The van der Waals surface area contributed by atoms with E-state index in [4.69, 9.17) is 16.3 Å². The molecular formula is C12H13ClN2O2. The van der Waals surface area contributed by atoms with Crippen LogP contribution in [0.15, 0.2) is 29.3 Å². The van der Waals surface area contributed by atoms with E-state index in [1.165, 1.54) is 0 Å². The number of benzene rings is 1. The Kier molecular flexibility index (Phi) is 3.07. The average Bonchev–Trinajstić information content (AvgIpc) is 2.55. The van der Waals surface area contributed by atoms with Crippen molar-refractivity contribution < 1.29 is 9.53 Å². The highest BCUT2D eigenvalue weighted by Gasteiger charge is 2.40. The molecule has 2 rings (SSSR count). The van der Waals surface area contributed by atoms with Gasteiger partial charge >= 0.3 is 5.97 Å². The van der Waals surface area contributed by atoms with E-state index in [0.29, 0.717) is 11.4 Å². The molecule has 1 heterocycles. The highest BCUT2D eigenvalue weighted by molar-refractivity contribution is 6.30. The maximum Gasteiger partial charge on any atom is 0.341 e. The molecule has 0 bridgehead atoms. The summed E-state index contributed by atoms with van der Waals surface area (Å²) in [4.78, 5) is 15.8. The van der Waals surface area contributed by atoms with Gasteiger partial charge in [-0.1, -0.05) is 24.6 Å². The predicted molar refractivity (Wildman–Crippen MR) is 67.3 cm³/mol. The Balaban J connectivity index is 2.16. The minimum atomic E-state index is -0.777. The number of aliphatic imine (C=N–C) groups is 1. The van der Waals surface area contributed by atoms with Crippen LogP contribution in [-0.2, 0) is 9.53 Å². The smallest absolute Gasteiger partial charge is 0.341 e. The van der Waals surface area contributed by atoms with Crippen molar-refractivity contribution in [1.29, 1.82) is 0 Å². The van der Waals surface area contributed by atoms with Gasteiger partial charge in [-0.15, -0.1) is 0 Å². The number of rotatable bonds is 2. The summed E-state index contributed by atoms with van der Waals surface area (Å²) in [5, 5.41) is 3.53. The van der Waals surface area contributed by atoms with Gasteiger partial charge in [0.05, 0.1) is 0 Å². The Morgan fingerprint density at radius 2 is 2.29 bits per heavy atom. The topological polar surface area (TPSA) is 50.7 Å². The number of amidine groups is 1. The second-order valence-electron chi connectivity index (χ2n) is 4.07. The fourth-order valence-corrected chi connectivity index (χ4v) is 1.65. The molecule has 1 aromatic carbocycles. The van der Waals surface area contributed by atoms with Crippen molar-refractivity contribution in [2.45, 2.75) is 25.8 Å². The monoisotopic (exact) mass is 252 g/mol. The van der Waals surface area contributed by atoms with Crippen LogP contribution in [0.4, 0.5) is 5.69 Å². The molecule has 1 N–H and O–H groups in total. The highest BCUT2D eigenvalue weighted by atomic mass is 35.5. The van der Waals surface area contributed by atoms with Crippen LogP contribution in [0.1, 0.15) is 20.3 Å². The molecular weight excluding hydrogens is 240 g/mol. The Bertz CT molecular complexity index is 487. The van der Waals surface area contributed by atoms with Gasteiger partial charge in [0.15, 0.2) is 5.54 Å². The first-order valence-electron chi connectivity index (χ1n) is 5.38. The molecule has 17 heavy (non-hydrogen) atoms. The normalized spacial score (nSPS) is 23.2. The van der Waals surface area contributed by atoms with Crippen LogP contribution < -0.4 is 5.32 Å². The van der Waals surface area contributed by atoms with Crippen LogP contribution in [0.5, 0.6) is 0 Å². The van der Waals surface area contributed by atoms with Crippen LogP contribution in [0.2, 0.25) is 5.02 Å². The lowest BCUT2D eigenvalue weighted by Gasteiger charge is -2.10. The van der Waals surface area contributed by atoms with E-state index in [9.17, 15) is 4.79 Å². The molecule has 5 heteroatoms. The van der Waals surface area contributed by atoms with Crippen LogP contribution in [-0.4, -0.2) is 17.5 Å². The lowest BCUT2D eigenvalue weighted by atomic mass is 10.0. The lowest BCUT2D eigenvalue weighted by molar-refractivity contribution is -0.138.